The van der Waals surface area contributed by atoms with Crippen molar-refractivity contribution in [3.63, 3.8) is 0 Å². The number of rotatable bonds is 6. The first-order valence-electron chi connectivity index (χ1n) is 8.23. The van der Waals surface area contributed by atoms with Crippen molar-refractivity contribution in [2.24, 2.45) is 0 Å². The van der Waals surface area contributed by atoms with Gasteiger partial charge in [-0.25, -0.2) is 4.98 Å². The van der Waals surface area contributed by atoms with E-state index in [1.54, 1.807) is 25.3 Å². The molecule has 3 aromatic rings. The molecule has 0 spiro atoms. The van der Waals surface area contributed by atoms with Gasteiger partial charge in [0.15, 0.2) is 5.13 Å². The molecule has 0 atom stereocenters. The Morgan fingerprint density at radius 3 is 2.41 bits per heavy atom. The summed E-state index contributed by atoms with van der Waals surface area (Å²) in [6, 6.07) is 9.38. The summed E-state index contributed by atoms with van der Waals surface area (Å²) in [5, 5.41) is 7.57. The van der Waals surface area contributed by atoms with Crippen molar-refractivity contribution in [3.8, 4) is 11.5 Å². The van der Waals surface area contributed by atoms with Crippen LogP contribution in [0.4, 0.5) is 29.7 Å². The molecule has 1 aromatic heterocycles. The zero-order chi connectivity index (χ0) is 21.0. The molecule has 6 nitrogen and oxygen atoms in total. The van der Waals surface area contributed by atoms with Crippen molar-refractivity contribution in [1.82, 2.24) is 4.98 Å². The van der Waals surface area contributed by atoms with E-state index < -0.39 is 17.6 Å². The Bertz CT molecular complexity index is 1000. The maximum Gasteiger partial charge on any atom is 0.416 e. The van der Waals surface area contributed by atoms with Crippen LogP contribution in [-0.2, 0) is 6.18 Å². The smallest absolute Gasteiger partial charge is 0.416 e. The monoisotopic (exact) mass is 423 g/mol. The number of methoxy groups -OCH3 is 2. The normalized spacial score (nSPS) is 11.1. The molecule has 2 aromatic carbocycles. The summed E-state index contributed by atoms with van der Waals surface area (Å²) >= 11 is 1.20. The third kappa shape index (κ3) is 4.96. The number of hydrogen-bond acceptors (Lipinski definition) is 6. The van der Waals surface area contributed by atoms with Crippen LogP contribution >= 0.6 is 11.3 Å². The van der Waals surface area contributed by atoms with Crippen molar-refractivity contribution in [2.45, 2.75) is 6.18 Å². The summed E-state index contributed by atoms with van der Waals surface area (Å²) in [4.78, 5) is 16.5. The maximum absolute atomic E-state index is 12.6. The lowest BCUT2D eigenvalue weighted by Gasteiger charge is -2.10. The van der Waals surface area contributed by atoms with Crippen molar-refractivity contribution in [1.29, 1.82) is 0 Å². The van der Waals surface area contributed by atoms with E-state index in [0.29, 0.717) is 22.3 Å². The summed E-state index contributed by atoms with van der Waals surface area (Å²) in [6.45, 7) is 0. The Balaban J connectivity index is 1.69. The lowest BCUT2D eigenvalue weighted by molar-refractivity contribution is -0.137. The van der Waals surface area contributed by atoms with Gasteiger partial charge in [-0.05, 0) is 36.4 Å². The number of nitrogens with zero attached hydrogens (tertiary/aromatic N) is 1. The van der Waals surface area contributed by atoms with Crippen molar-refractivity contribution in [3.05, 3.63) is 59.1 Å². The number of nitrogens with one attached hydrogen (secondary N) is 2. The highest BCUT2D eigenvalue weighted by atomic mass is 32.1. The molecule has 152 valence electrons. The second-order valence-corrected chi connectivity index (χ2v) is 6.62. The average Bonchev–Trinajstić information content (AvgIpc) is 3.16. The number of hydrogen-bond donors (Lipinski definition) is 2. The number of anilines is 3. The fraction of sp³-hybridized carbons (Fsp3) is 0.158. The number of amides is 1. The zero-order valence-electron chi connectivity index (χ0n) is 15.3. The van der Waals surface area contributed by atoms with E-state index in [1.807, 2.05) is 0 Å². The average molecular weight is 423 g/mol. The Morgan fingerprint density at radius 1 is 1.07 bits per heavy atom. The first-order valence-corrected chi connectivity index (χ1v) is 9.11. The maximum atomic E-state index is 12.6. The molecule has 0 radical (unpaired) electrons. The van der Waals surface area contributed by atoms with Gasteiger partial charge in [-0.15, -0.1) is 11.3 Å². The number of ether oxygens (including phenoxy) is 2. The third-order valence-corrected chi connectivity index (χ3v) is 4.61. The molecule has 0 aliphatic rings. The molecule has 0 bridgehead atoms. The highest BCUT2D eigenvalue weighted by molar-refractivity contribution is 7.14. The van der Waals surface area contributed by atoms with Gasteiger partial charge < -0.3 is 20.1 Å². The summed E-state index contributed by atoms with van der Waals surface area (Å²) in [5.74, 6) is 0.634. The Morgan fingerprint density at radius 2 is 1.79 bits per heavy atom. The number of benzene rings is 2. The molecule has 29 heavy (non-hydrogen) atoms. The molecule has 0 fully saturated rings. The fourth-order valence-corrected chi connectivity index (χ4v) is 3.09. The SMILES string of the molecule is COc1ccc(Nc2nc(C(=O)Nc3ccc(C(F)(F)F)cc3)cs2)c(OC)c1. The minimum atomic E-state index is -4.43. The highest BCUT2D eigenvalue weighted by Gasteiger charge is 2.30. The Hall–Kier alpha value is -3.27. The number of halogens is 3. The van der Waals surface area contributed by atoms with E-state index in [9.17, 15) is 18.0 Å². The van der Waals surface area contributed by atoms with E-state index in [2.05, 4.69) is 15.6 Å². The molecule has 0 aliphatic heterocycles. The van der Waals surface area contributed by atoms with E-state index in [1.165, 1.54) is 36.0 Å². The predicted octanol–water partition coefficient (Wildman–Crippen LogP) is 5.18. The molecular weight excluding hydrogens is 407 g/mol. The standard InChI is InChI=1S/C19H16F3N3O3S/c1-27-13-7-8-14(16(9-13)28-2)24-18-25-15(10-29-18)17(26)23-12-5-3-11(4-6-12)19(20,21)22/h3-10H,1-2H3,(H,23,26)(H,24,25). The Labute approximate surface area is 168 Å². The lowest BCUT2D eigenvalue weighted by Crippen LogP contribution is -2.13. The van der Waals surface area contributed by atoms with Gasteiger partial charge in [-0.1, -0.05) is 0 Å². The second kappa shape index (κ2) is 8.39. The molecule has 0 unspecified atom stereocenters. The van der Waals surface area contributed by atoms with Gasteiger partial charge >= 0.3 is 6.18 Å². The molecule has 3 rings (SSSR count). The summed E-state index contributed by atoms with van der Waals surface area (Å²) in [6.07, 6.45) is -4.43. The van der Waals surface area contributed by atoms with Crippen LogP contribution in [0.3, 0.4) is 0 Å². The first kappa shape index (κ1) is 20.5. The van der Waals surface area contributed by atoms with E-state index >= 15 is 0 Å². The molecular formula is C19H16F3N3O3S. The van der Waals surface area contributed by atoms with Crippen LogP contribution in [0.25, 0.3) is 0 Å². The minimum absolute atomic E-state index is 0.130. The molecule has 0 saturated heterocycles. The molecule has 0 aliphatic carbocycles. The number of carbonyl (C=O) groups excluding carboxylic acids is 1. The van der Waals surface area contributed by atoms with Crippen molar-refractivity contribution < 1.29 is 27.4 Å². The molecule has 1 amide bonds. The van der Waals surface area contributed by atoms with Crippen molar-refractivity contribution >= 4 is 33.8 Å². The van der Waals surface area contributed by atoms with Gasteiger partial charge in [-0.3, -0.25) is 4.79 Å². The molecule has 10 heteroatoms. The Kier molecular flexibility index (Phi) is 5.92. The van der Waals surface area contributed by atoms with Crippen molar-refractivity contribution in [2.75, 3.05) is 24.9 Å². The highest BCUT2D eigenvalue weighted by Crippen LogP contribution is 2.33. The predicted molar refractivity (Wildman–Crippen MR) is 104 cm³/mol. The van der Waals surface area contributed by atoms with E-state index in [4.69, 9.17) is 9.47 Å². The van der Waals surface area contributed by atoms with Gasteiger partial charge in [0, 0.05) is 17.1 Å². The third-order valence-electron chi connectivity index (χ3n) is 3.86. The van der Waals surface area contributed by atoms with E-state index in [0.717, 1.165) is 12.1 Å². The van der Waals surface area contributed by atoms with Crippen LogP contribution in [0.5, 0.6) is 11.5 Å². The van der Waals surface area contributed by atoms with Crippen LogP contribution < -0.4 is 20.1 Å². The van der Waals surface area contributed by atoms with Gasteiger partial charge in [0.2, 0.25) is 0 Å². The van der Waals surface area contributed by atoms with Crippen LogP contribution in [-0.4, -0.2) is 25.1 Å². The first-order chi connectivity index (χ1) is 13.8. The van der Waals surface area contributed by atoms with Crippen LogP contribution in [0.1, 0.15) is 16.1 Å². The quantitative estimate of drug-likeness (QED) is 0.572. The largest absolute Gasteiger partial charge is 0.497 e. The van der Waals surface area contributed by atoms with Gasteiger partial charge in [-0.2, -0.15) is 13.2 Å². The van der Waals surface area contributed by atoms with Crippen LogP contribution in [0.15, 0.2) is 47.8 Å². The van der Waals surface area contributed by atoms with Crippen LogP contribution in [0.2, 0.25) is 0 Å². The summed E-state index contributed by atoms with van der Waals surface area (Å²) in [7, 11) is 3.06. The molecule has 1 heterocycles. The summed E-state index contributed by atoms with van der Waals surface area (Å²) < 4.78 is 48.3. The fourth-order valence-electron chi connectivity index (χ4n) is 2.39. The molecule has 2 N–H and O–H groups in total. The zero-order valence-corrected chi connectivity index (χ0v) is 16.1. The van der Waals surface area contributed by atoms with Gasteiger partial charge in [0.1, 0.15) is 17.2 Å². The number of alkyl halides is 3. The minimum Gasteiger partial charge on any atom is -0.497 e. The number of carbonyl (C=O) groups is 1. The van der Waals surface area contributed by atoms with E-state index in [-0.39, 0.29) is 11.4 Å². The van der Waals surface area contributed by atoms with Gasteiger partial charge in [0.05, 0.1) is 25.5 Å². The summed E-state index contributed by atoms with van der Waals surface area (Å²) in [5.41, 5.74) is 0.216. The van der Waals surface area contributed by atoms with Gasteiger partial charge in [0.25, 0.3) is 5.91 Å². The molecule has 0 saturated carbocycles. The second-order valence-electron chi connectivity index (χ2n) is 5.76. The number of aromatic nitrogens is 1. The lowest BCUT2D eigenvalue weighted by atomic mass is 10.2. The number of thiazole rings is 1. The van der Waals surface area contributed by atoms with Crippen LogP contribution in [0, 0.1) is 0 Å². The topological polar surface area (TPSA) is 72.5 Å².